The summed E-state index contributed by atoms with van der Waals surface area (Å²) in [7, 11) is -1.72. The van der Waals surface area contributed by atoms with Crippen LogP contribution in [0.4, 0.5) is 0 Å². The van der Waals surface area contributed by atoms with Crippen molar-refractivity contribution in [2.75, 3.05) is 26.5 Å². The number of methoxy groups -OCH3 is 1. The molecular weight excluding hydrogens is 510 g/mol. The maximum Gasteiger partial charge on any atom is 0.194 e. The quantitative estimate of drug-likeness (QED) is 0.259. The van der Waals surface area contributed by atoms with Crippen LogP contribution < -0.4 is 14.8 Å². The Kier molecular flexibility index (Phi) is 8.00. The summed E-state index contributed by atoms with van der Waals surface area (Å²) in [6.07, 6.45) is 5.83. The molecule has 0 bridgehead atoms. The van der Waals surface area contributed by atoms with Crippen molar-refractivity contribution in [3.8, 4) is 22.6 Å². The van der Waals surface area contributed by atoms with Gasteiger partial charge >= 0.3 is 0 Å². The number of rotatable bonds is 9. The number of ether oxygens (including phenoxy) is 2. The Hall–Kier alpha value is -3.68. The number of carbonyl (C=O) groups is 1. The zero-order valence-electron chi connectivity index (χ0n) is 22.3. The summed E-state index contributed by atoms with van der Waals surface area (Å²) in [6.45, 7) is 1.70. The second-order valence-electron chi connectivity index (χ2n) is 10.0. The van der Waals surface area contributed by atoms with Gasteiger partial charge in [-0.25, -0.2) is 8.42 Å². The maximum atomic E-state index is 14.0. The fourth-order valence-corrected chi connectivity index (χ4v) is 5.77. The van der Waals surface area contributed by atoms with Crippen molar-refractivity contribution < 1.29 is 22.7 Å². The Bertz CT molecular complexity index is 1570. The summed E-state index contributed by atoms with van der Waals surface area (Å²) >= 11 is 0. The first kappa shape index (κ1) is 26.9. The van der Waals surface area contributed by atoms with Crippen molar-refractivity contribution in [3.63, 3.8) is 0 Å². The topological polar surface area (TPSA) is 81.7 Å². The van der Waals surface area contributed by atoms with Crippen molar-refractivity contribution in [3.05, 3.63) is 90.0 Å². The number of hydrogen-bond donors (Lipinski definition) is 1. The van der Waals surface area contributed by atoms with Crippen LogP contribution >= 0.6 is 0 Å². The van der Waals surface area contributed by atoms with E-state index in [4.69, 9.17) is 9.47 Å². The second-order valence-corrected chi connectivity index (χ2v) is 12.0. The first-order valence-corrected chi connectivity index (χ1v) is 15.1. The Morgan fingerprint density at radius 1 is 0.923 bits per heavy atom. The van der Waals surface area contributed by atoms with Gasteiger partial charge in [0.2, 0.25) is 0 Å². The van der Waals surface area contributed by atoms with Crippen LogP contribution in [0.5, 0.6) is 11.5 Å². The molecule has 0 radical (unpaired) electrons. The predicted octanol–water partition coefficient (Wildman–Crippen LogP) is 6.06. The van der Waals surface area contributed by atoms with E-state index in [1.54, 1.807) is 43.5 Å². The Morgan fingerprint density at radius 3 is 2.33 bits per heavy atom. The van der Waals surface area contributed by atoms with Gasteiger partial charge in [0.1, 0.15) is 11.5 Å². The molecule has 4 aromatic rings. The average molecular weight is 544 g/mol. The van der Waals surface area contributed by atoms with Crippen molar-refractivity contribution in [2.24, 2.45) is 0 Å². The third-order valence-corrected chi connectivity index (χ3v) is 8.44. The van der Waals surface area contributed by atoms with E-state index in [2.05, 4.69) is 5.32 Å². The lowest BCUT2D eigenvalue weighted by Gasteiger charge is -2.23. The van der Waals surface area contributed by atoms with Crippen LogP contribution in [0.25, 0.3) is 21.9 Å². The molecule has 0 aliphatic carbocycles. The third kappa shape index (κ3) is 6.15. The zero-order chi connectivity index (χ0) is 27.4. The Morgan fingerprint density at radius 2 is 1.67 bits per heavy atom. The van der Waals surface area contributed by atoms with Gasteiger partial charge in [-0.1, -0.05) is 30.7 Å². The van der Waals surface area contributed by atoms with Crippen molar-refractivity contribution in [1.82, 2.24) is 5.32 Å². The van der Waals surface area contributed by atoms with E-state index in [-0.39, 0.29) is 10.7 Å². The number of carbonyl (C=O) groups excluding carboxylic acids is 1. The molecule has 1 aliphatic rings. The van der Waals surface area contributed by atoms with Gasteiger partial charge in [0.15, 0.2) is 15.6 Å². The lowest BCUT2D eigenvalue weighted by Crippen LogP contribution is -2.35. The van der Waals surface area contributed by atoms with E-state index in [1.807, 2.05) is 42.5 Å². The Balaban J connectivity index is 1.45. The van der Waals surface area contributed by atoms with Crippen molar-refractivity contribution in [2.45, 2.75) is 36.6 Å². The van der Waals surface area contributed by atoms with E-state index in [1.165, 1.54) is 25.5 Å². The van der Waals surface area contributed by atoms with Crippen LogP contribution in [0.15, 0.2) is 83.8 Å². The van der Waals surface area contributed by atoms with E-state index in [0.717, 1.165) is 40.6 Å². The molecule has 4 aromatic carbocycles. The van der Waals surface area contributed by atoms with E-state index < -0.39 is 9.84 Å². The van der Waals surface area contributed by atoms with Crippen molar-refractivity contribution >= 4 is 26.4 Å². The number of piperidine rings is 1. The maximum absolute atomic E-state index is 14.0. The van der Waals surface area contributed by atoms with Gasteiger partial charge in [-0.2, -0.15) is 0 Å². The fourth-order valence-electron chi connectivity index (χ4n) is 5.14. The molecule has 1 atom stereocenters. The summed E-state index contributed by atoms with van der Waals surface area (Å²) in [5.74, 6) is 1.32. The number of ketones is 1. The first-order valence-electron chi connectivity index (χ1n) is 13.3. The molecule has 6 nitrogen and oxygen atoms in total. The van der Waals surface area contributed by atoms with Gasteiger partial charge < -0.3 is 14.8 Å². The monoisotopic (exact) mass is 543 g/mol. The van der Waals surface area contributed by atoms with Crippen LogP contribution in [-0.4, -0.2) is 46.8 Å². The molecule has 7 heteroatoms. The highest BCUT2D eigenvalue weighted by Crippen LogP contribution is 2.34. The minimum Gasteiger partial charge on any atom is -0.497 e. The Labute approximate surface area is 229 Å². The van der Waals surface area contributed by atoms with Crippen LogP contribution in [0.1, 0.15) is 41.6 Å². The number of nitrogens with one attached hydrogen (secondary N) is 1. The van der Waals surface area contributed by atoms with Gasteiger partial charge in [-0.05, 0) is 102 Å². The van der Waals surface area contributed by atoms with Gasteiger partial charge in [0, 0.05) is 23.4 Å². The molecule has 0 spiro atoms. The average Bonchev–Trinajstić information content (AvgIpc) is 2.96. The third-order valence-electron chi connectivity index (χ3n) is 7.31. The van der Waals surface area contributed by atoms with Crippen LogP contribution in [0.2, 0.25) is 0 Å². The molecular formula is C32H33NO5S. The zero-order valence-corrected chi connectivity index (χ0v) is 23.1. The number of fused-ring (bicyclic) bond motifs is 1. The van der Waals surface area contributed by atoms with E-state index in [9.17, 15) is 13.2 Å². The molecule has 1 heterocycles. The minimum absolute atomic E-state index is 0.120. The number of hydrogen-bond acceptors (Lipinski definition) is 6. The standard InChI is InChI=1S/C32H33NO5S/c1-37-27-13-17-30-24(21-27)10-16-29(22-8-14-28(15-9-22)39(2,35)36)31(30)32(34)23-6-11-26(12-7-23)38-20-18-25-5-3-4-19-33-25/h6-17,21,25,33H,3-5,18-20H2,1-2H3. The summed E-state index contributed by atoms with van der Waals surface area (Å²) in [6, 6.07) is 23.9. The van der Waals surface area contributed by atoms with Gasteiger partial charge in [0.05, 0.1) is 18.6 Å². The summed E-state index contributed by atoms with van der Waals surface area (Å²) in [5, 5.41) is 5.21. The predicted molar refractivity (Wildman–Crippen MR) is 155 cm³/mol. The molecule has 1 unspecified atom stereocenters. The minimum atomic E-state index is -3.33. The summed E-state index contributed by atoms with van der Waals surface area (Å²) < 4.78 is 35.3. The molecule has 0 aromatic heterocycles. The van der Waals surface area contributed by atoms with Gasteiger partial charge in [-0.3, -0.25) is 4.79 Å². The lowest BCUT2D eigenvalue weighted by molar-refractivity contribution is 0.104. The first-order chi connectivity index (χ1) is 18.8. The van der Waals surface area contributed by atoms with Crippen LogP contribution in [-0.2, 0) is 9.84 Å². The highest BCUT2D eigenvalue weighted by molar-refractivity contribution is 7.90. The van der Waals surface area contributed by atoms with Gasteiger partial charge in [-0.15, -0.1) is 0 Å². The number of sulfone groups is 1. The second kappa shape index (κ2) is 11.6. The largest absolute Gasteiger partial charge is 0.497 e. The molecule has 0 saturated carbocycles. The van der Waals surface area contributed by atoms with E-state index in [0.29, 0.717) is 29.5 Å². The fraction of sp³-hybridized carbons (Fsp3) is 0.281. The molecule has 5 rings (SSSR count). The molecule has 1 N–H and O–H groups in total. The molecule has 1 aliphatic heterocycles. The molecule has 202 valence electrons. The lowest BCUT2D eigenvalue weighted by atomic mass is 9.89. The molecule has 0 amide bonds. The van der Waals surface area contributed by atoms with Crippen molar-refractivity contribution in [1.29, 1.82) is 0 Å². The normalized spacial score (nSPS) is 15.7. The highest BCUT2D eigenvalue weighted by Gasteiger charge is 2.20. The number of benzene rings is 4. The SMILES string of the molecule is COc1ccc2c(C(=O)c3ccc(OCCC4CCCCN4)cc3)c(-c3ccc(S(C)(=O)=O)cc3)ccc2c1. The molecule has 39 heavy (non-hydrogen) atoms. The van der Waals surface area contributed by atoms with Crippen LogP contribution in [0.3, 0.4) is 0 Å². The van der Waals surface area contributed by atoms with Crippen LogP contribution in [0, 0.1) is 0 Å². The smallest absolute Gasteiger partial charge is 0.194 e. The van der Waals surface area contributed by atoms with Gasteiger partial charge in [0.25, 0.3) is 0 Å². The molecule has 1 fully saturated rings. The van der Waals surface area contributed by atoms with E-state index >= 15 is 0 Å². The summed E-state index contributed by atoms with van der Waals surface area (Å²) in [5.41, 5.74) is 2.60. The molecule has 1 saturated heterocycles. The summed E-state index contributed by atoms with van der Waals surface area (Å²) in [4.78, 5) is 14.2. The highest BCUT2D eigenvalue weighted by atomic mass is 32.2.